The van der Waals surface area contributed by atoms with E-state index < -0.39 is 5.41 Å². The summed E-state index contributed by atoms with van der Waals surface area (Å²) in [5, 5.41) is 6.61. The molecule has 0 radical (unpaired) electrons. The van der Waals surface area contributed by atoms with E-state index in [0.717, 1.165) is 72.1 Å². The second kappa shape index (κ2) is 13.4. The van der Waals surface area contributed by atoms with Gasteiger partial charge in [0.1, 0.15) is 22.3 Å². The molecule has 0 saturated carbocycles. The number of para-hydroxylation sites is 2. The second-order valence-electron chi connectivity index (χ2n) is 16.4. The van der Waals surface area contributed by atoms with Gasteiger partial charge in [-0.1, -0.05) is 164 Å². The molecule has 1 aliphatic carbocycles. The van der Waals surface area contributed by atoms with Crippen LogP contribution in [0, 0.1) is 0 Å². The maximum Gasteiger partial charge on any atom is 0.143 e. The van der Waals surface area contributed by atoms with Crippen molar-refractivity contribution in [3.63, 3.8) is 0 Å². The highest BCUT2D eigenvalue weighted by Gasteiger charge is 2.46. The van der Waals surface area contributed by atoms with Crippen molar-refractivity contribution in [1.82, 2.24) is 0 Å². The summed E-state index contributed by atoms with van der Waals surface area (Å²) >= 11 is 0. The van der Waals surface area contributed by atoms with E-state index in [9.17, 15) is 0 Å². The van der Waals surface area contributed by atoms with E-state index in [4.69, 9.17) is 8.83 Å². The Bertz CT molecular complexity index is 3660. The third kappa shape index (κ3) is 5.00. The predicted octanol–water partition coefficient (Wildman–Crippen LogP) is 16.1. The lowest BCUT2D eigenvalue weighted by Crippen LogP contribution is -2.28. The molecule has 12 aromatic rings. The fourth-order valence-corrected chi connectivity index (χ4v) is 10.5. The van der Waals surface area contributed by atoms with Gasteiger partial charge in [-0.25, -0.2) is 0 Å². The zero-order chi connectivity index (χ0) is 40.8. The van der Waals surface area contributed by atoms with Crippen LogP contribution in [0.25, 0.3) is 76.9 Å². The van der Waals surface area contributed by atoms with Crippen LogP contribution in [0.4, 0.5) is 17.1 Å². The summed E-state index contributed by atoms with van der Waals surface area (Å²) in [7, 11) is 0. The highest BCUT2D eigenvalue weighted by molar-refractivity contribution is 6.27. The summed E-state index contributed by atoms with van der Waals surface area (Å²) in [6.07, 6.45) is 0. The molecule has 0 aliphatic heterocycles. The summed E-state index contributed by atoms with van der Waals surface area (Å²) in [4.78, 5) is 2.42. The number of benzene rings is 10. The van der Waals surface area contributed by atoms with Gasteiger partial charge in [0, 0.05) is 44.2 Å². The minimum absolute atomic E-state index is 0.540. The van der Waals surface area contributed by atoms with Crippen LogP contribution in [0.2, 0.25) is 0 Å². The number of nitrogens with zero attached hydrogens (tertiary/aromatic N) is 1. The average molecular weight is 792 g/mol. The van der Waals surface area contributed by atoms with Crippen LogP contribution in [0.3, 0.4) is 0 Å². The summed E-state index contributed by atoms with van der Waals surface area (Å²) in [5.74, 6) is 0. The van der Waals surface area contributed by atoms with Gasteiger partial charge in [-0.05, 0) is 110 Å². The number of rotatable bonds is 6. The molecule has 1 aliphatic rings. The highest BCUT2D eigenvalue weighted by Crippen LogP contribution is 2.57. The van der Waals surface area contributed by atoms with Gasteiger partial charge in [0.15, 0.2) is 0 Å². The quantitative estimate of drug-likeness (QED) is 0.168. The van der Waals surface area contributed by atoms with E-state index in [1.54, 1.807) is 0 Å². The summed E-state index contributed by atoms with van der Waals surface area (Å²) < 4.78 is 13.5. The Morgan fingerprint density at radius 1 is 0.339 bits per heavy atom. The minimum atomic E-state index is -0.540. The minimum Gasteiger partial charge on any atom is -0.456 e. The molecule has 0 saturated heterocycles. The summed E-state index contributed by atoms with van der Waals surface area (Å²) in [6, 6.07) is 81.1. The van der Waals surface area contributed by atoms with Crippen molar-refractivity contribution < 1.29 is 8.83 Å². The fraction of sp³-hybridized carbons (Fsp3) is 0.0169. The van der Waals surface area contributed by atoms with E-state index in [0.29, 0.717) is 0 Å². The number of fused-ring (bicyclic) bond motifs is 11. The standard InChI is InChI=1S/C59H37NO2/c1-4-18-41(19-5-1)59(42-20-6-2-7-21-42)51-26-14-12-24-46(51)47-31-30-44(37-52(47)59)60(43-22-8-3-9-23-43)45-35-49(40-29-28-38-16-10-11-17-39(38)34-40)58-50(36-45)57-55(62-58)33-32-54-56(57)48-25-13-15-27-53(48)61-54/h1-37H. The molecule has 0 atom stereocenters. The zero-order valence-electron chi connectivity index (χ0n) is 33.6. The zero-order valence-corrected chi connectivity index (χ0v) is 33.6. The van der Waals surface area contributed by atoms with E-state index >= 15 is 0 Å². The molecule has 0 unspecified atom stereocenters. The van der Waals surface area contributed by atoms with Gasteiger partial charge in [0.05, 0.1) is 5.41 Å². The first-order valence-corrected chi connectivity index (χ1v) is 21.2. The van der Waals surface area contributed by atoms with Gasteiger partial charge >= 0.3 is 0 Å². The molecular formula is C59H37NO2. The summed E-state index contributed by atoms with van der Waals surface area (Å²) in [6.45, 7) is 0. The van der Waals surface area contributed by atoms with E-state index in [-0.39, 0.29) is 0 Å². The Morgan fingerprint density at radius 2 is 0.968 bits per heavy atom. The van der Waals surface area contributed by atoms with Crippen molar-refractivity contribution in [2.24, 2.45) is 0 Å². The second-order valence-corrected chi connectivity index (χ2v) is 16.4. The van der Waals surface area contributed by atoms with Crippen LogP contribution in [0.15, 0.2) is 233 Å². The Morgan fingerprint density at radius 3 is 1.76 bits per heavy atom. The number of hydrogen-bond donors (Lipinski definition) is 0. The van der Waals surface area contributed by atoms with Gasteiger partial charge in [-0.2, -0.15) is 0 Å². The number of furan rings is 2. The molecule has 62 heavy (non-hydrogen) atoms. The van der Waals surface area contributed by atoms with Gasteiger partial charge in [-0.3, -0.25) is 0 Å². The molecule has 2 heterocycles. The number of anilines is 3. The first-order chi connectivity index (χ1) is 30.7. The van der Waals surface area contributed by atoms with E-state index in [1.807, 2.05) is 18.2 Å². The van der Waals surface area contributed by atoms with Crippen molar-refractivity contribution in [2.75, 3.05) is 4.90 Å². The average Bonchev–Trinajstić information content (AvgIpc) is 4.00. The molecule has 0 bridgehead atoms. The largest absolute Gasteiger partial charge is 0.456 e. The molecular weight excluding hydrogens is 755 g/mol. The van der Waals surface area contributed by atoms with Gasteiger partial charge in [0.2, 0.25) is 0 Å². The Hall–Kier alpha value is -8.14. The van der Waals surface area contributed by atoms with Crippen LogP contribution >= 0.6 is 0 Å². The van der Waals surface area contributed by atoms with Gasteiger partial charge < -0.3 is 13.7 Å². The van der Waals surface area contributed by atoms with Crippen molar-refractivity contribution in [3.8, 4) is 22.3 Å². The van der Waals surface area contributed by atoms with Crippen LogP contribution in [-0.4, -0.2) is 0 Å². The maximum atomic E-state index is 6.98. The lowest BCUT2D eigenvalue weighted by molar-refractivity contribution is 0.663. The van der Waals surface area contributed by atoms with Crippen molar-refractivity contribution in [2.45, 2.75) is 5.41 Å². The van der Waals surface area contributed by atoms with Crippen LogP contribution in [-0.2, 0) is 5.41 Å². The van der Waals surface area contributed by atoms with E-state index in [1.165, 1.54) is 44.2 Å². The van der Waals surface area contributed by atoms with Gasteiger partial charge in [-0.15, -0.1) is 0 Å². The first kappa shape index (κ1) is 34.7. The third-order valence-corrected chi connectivity index (χ3v) is 13.1. The first-order valence-electron chi connectivity index (χ1n) is 21.2. The molecule has 3 heteroatoms. The molecule has 0 N–H and O–H groups in total. The van der Waals surface area contributed by atoms with E-state index in [2.05, 4.69) is 211 Å². The topological polar surface area (TPSA) is 29.5 Å². The summed E-state index contributed by atoms with van der Waals surface area (Å²) in [5.41, 5.74) is 15.6. The van der Waals surface area contributed by atoms with Crippen LogP contribution in [0.5, 0.6) is 0 Å². The molecule has 0 fully saturated rings. The SMILES string of the molecule is c1ccc(N(c2ccc3c(c2)C(c2ccccc2)(c2ccccc2)c2ccccc2-3)c2cc(-c3ccc4ccccc4c3)c3oc4ccc5oc6ccccc6c5c4c3c2)cc1. The highest BCUT2D eigenvalue weighted by atomic mass is 16.3. The monoisotopic (exact) mass is 791 g/mol. The van der Waals surface area contributed by atoms with Crippen molar-refractivity contribution in [1.29, 1.82) is 0 Å². The number of hydrogen-bond acceptors (Lipinski definition) is 3. The lowest BCUT2D eigenvalue weighted by Gasteiger charge is -2.35. The van der Waals surface area contributed by atoms with Crippen LogP contribution < -0.4 is 4.90 Å². The Kier molecular flexibility index (Phi) is 7.52. The predicted molar refractivity (Wildman–Crippen MR) is 256 cm³/mol. The molecule has 3 nitrogen and oxygen atoms in total. The smallest absolute Gasteiger partial charge is 0.143 e. The molecule has 0 spiro atoms. The Labute approximate surface area is 358 Å². The fourth-order valence-electron chi connectivity index (χ4n) is 10.5. The molecule has 290 valence electrons. The van der Waals surface area contributed by atoms with Gasteiger partial charge in [0.25, 0.3) is 0 Å². The molecule has 2 aromatic heterocycles. The normalized spacial score (nSPS) is 13.0. The molecule has 0 amide bonds. The van der Waals surface area contributed by atoms with Crippen LogP contribution in [0.1, 0.15) is 22.3 Å². The Balaban J connectivity index is 1.13. The lowest BCUT2D eigenvalue weighted by atomic mass is 9.67. The van der Waals surface area contributed by atoms with Crippen molar-refractivity contribution in [3.05, 3.63) is 247 Å². The third-order valence-electron chi connectivity index (χ3n) is 13.1. The van der Waals surface area contributed by atoms with Crippen molar-refractivity contribution >= 4 is 71.7 Å². The maximum absolute atomic E-state index is 6.98. The molecule has 10 aromatic carbocycles. The molecule has 13 rings (SSSR count).